The number of oxazole rings is 1. The lowest BCUT2D eigenvalue weighted by molar-refractivity contribution is -0.124. The summed E-state index contributed by atoms with van der Waals surface area (Å²) < 4.78 is 5.52. The van der Waals surface area contributed by atoms with Gasteiger partial charge in [0.1, 0.15) is 11.8 Å². The second-order valence-electron chi connectivity index (χ2n) is 4.34. The molecule has 6 heteroatoms. The molecule has 2 rings (SSSR count). The molecule has 1 unspecified atom stereocenters. The van der Waals surface area contributed by atoms with Gasteiger partial charge in [-0.05, 0) is 13.8 Å². The second kappa shape index (κ2) is 4.85. The van der Waals surface area contributed by atoms with Gasteiger partial charge in [-0.15, -0.1) is 0 Å². The molecule has 1 saturated heterocycles. The minimum Gasteiger partial charge on any atom is -0.444 e. The number of hydrogen-bond acceptors (Lipinski definition) is 5. The fourth-order valence-electron chi connectivity index (χ4n) is 2.00. The van der Waals surface area contributed by atoms with Gasteiger partial charge in [0.15, 0.2) is 0 Å². The number of piperazine rings is 1. The van der Waals surface area contributed by atoms with Crippen LogP contribution in [0.3, 0.4) is 0 Å². The molecule has 0 aromatic carbocycles. The standard InChI is InChI=1S/C11H18N4O2/c1-7-8(2)17-10(14-7)6-15-4-3-13-5-9(15)11(12)16/h9,13H,3-6H2,1-2H3,(H2,12,16). The highest BCUT2D eigenvalue weighted by molar-refractivity contribution is 5.80. The zero-order valence-electron chi connectivity index (χ0n) is 10.2. The van der Waals surface area contributed by atoms with Gasteiger partial charge in [-0.2, -0.15) is 0 Å². The summed E-state index contributed by atoms with van der Waals surface area (Å²) >= 11 is 0. The highest BCUT2D eigenvalue weighted by atomic mass is 16.4. The minimum atomic E-state index is -0.308. The first-order chi connectivity index (χ1) is 8.08. The van der Waals surface area contributed by atoms with Crippen LogP contribution in [-0.2, 0) is 11.3 Å². The molecule has 1 fully saturated rings. The predicted molar refractivity (Wildman–Crippen MR) is 62.2 cm³/mol. The fraction of sp³-hybridized carbons (Fsp3) is 0.636. The Kier molecular flexibility index (Phi) is 3.44. The molecule has 0 aliphatic carbocycles. The Labute approximate surface area is 100 Å². The molecule has 0 bridgehead atoms. The molecule has 2 heterocycles. The molecule has 0 spiro atoms. The van der Waals surface area contributed by atoms with E-state index in [1.807, 2.05) is 18.7 Å². The van der Waals surface area contributed by atoms with Crippen LogP contribution in [0, 0.1) is 13.8 Å². The van der Waals surface area contributed by atoms with Gasteiger partial charge in [-0.25, -0.2) is 4.98 Å². The molecule has 1 aromatic rings. The number of primary amides is 1. The molecule has 1 amide bonds. The number of nitrogens with one attached hydrogen (secondary N) is 1. The number of amides is 1. The third-order valence-corrected chi connectivity index (χ3v) is 3.09. The number of nitrogens with two attached hydrogens (primary N) is 1. The smallest absolute Gasteiger partial charge is 0.236 e. The van der Waals surface area contributed by atoms with Crippen LogP contribution in [-0.4, -0.2) is 41.5 Å². The van der Waals surface area contributed by atoms with Crippen molar-refractivity contribution in [2.24, 2.45) is 5.73 Å². The van der Waals surface area contributed by atoms with Gasteiger partial charge < -0.3 is 15.5 Å². The van der Waals surface area contributed by atoms with Crippen molar-refractivity contribution in [1.82, 2.24) is 15.2 Å². The Morgan fingerprint density at radius 1 is 1.65 bits per heavy atom. The summed E-state index contributed by atoms with van der Waals surface area (Å²) in [5, 5.41) is 3.15. The van der Waals surface area contributed by atoms with Crippen molar-refractivity contribution in [3.8, 4) is 0 Å². The van der Waals surface area contributed by atoms with Crippen LogP contribution in [0.4, 0.5) is 0 Å². The van der Waals surface area contributed by atoms with Crippen molar-refractivity contribution >= 4 is 5.91 Å². The van der Waals surface area contributed by atoms with Crippen molar-refractivity contribution in [2.45, 2.75) is 26.4 Å². The lowest BCUT2D eigenvalue weighted by Gasteiger charge is -2.32. The summed E-state index contributed by atoms with van der Waals surface area (Å²) in [6, 6.07) is -0.281. The van der Waals surface area contributed by atoms with Crippen molar-refractivity contribution in [1.29, 1.82) is 0 Å². The van der Waals surface area contributed by atoms with E-state index in [9.17, 15) is 4.79 Å². The summed E-state index contributed by atoms with van der Waals surface area (Å²) in [6.45, 7) is 6.54. The first-order valence-electron chi connectivity index (χ1n) is 5.75. The number of carbonyl (C=O) groups is 1. The van der Waals surface area contributed by atoms with Gasteiger partial charge in [0.25, 0.3) is 0 Å². The van der Waals surface area contributed by atoms with Gasteiger partial charge in [0.05, 0.1) is 12.2 Å². The molecule has 94 valence electrons. The average molecular weight is 238 g/mol. The Morgan fingerprint density at radius 3 is 3.00 bits per heavy atom. The summed E-state index contributed by atoms with van der Waals surface area (Å²) in [4.78, 5) is 17.6. The third-order valence-electron chi connectivity index (χ3n) is 3.09. The Morgan fingerprint density at radius 2 is 2.41 bits per heavy atom. The lowest BCUT2D eigenvalue weighted by atomic mass is 10.2. The summed E-state index contributed by atoms with van der Waals surface area (Å²) in [5.74, 6) is 1.16. The normalized spacial score (nSPS) is 21.6. The fourth-order valence-corrected chi connectivity index (χ4v) is 2.00. The molecular weight excluding hydrogens is 220 g/mol. The SMILES string of the molecule is Cc1nc(CN2CCNCC2C(N)=O)oc1C. The van der Waals surface area contributed by atoms with Crippen LogP contribution in [0.15, 0.2) is 4.42 Å². The van der Waals surface area contributed by atoms with E-state index in [1.165, 1.54) is 0 Å². The van der Waals surface area contributed by atoms with E-state index < -0.39 is 0 Å². The molecular formula is C11H18N4O2. The molecule has 1 atom stereocenters. The molecule has 6 nitrogen and oxygen atoms in total. The zero-order chi connectivity index (χ0) is 12.4. The minimum absolute atomic E-state index is 0.281. The Hall–Kier alpha value is -1.40. The zero-order valence-corrected chi connectivity index (χ0v) is 10.2. The van der Waals surface area contributed by atoms with Gasteiger partial charge >= 0.3 is 0 Å². The number of aryl methyl sites for hydroxylation is 2. The number of rotatable bonds is 3. The van der Waals surface area contributed by atoms with Crippen LogP contribution in [0.1, 0.15) is 17.3 Å². The van der Waals surface area contributed by atoms with Crippen molar-refractivity contribution < 1.29 is 9.21 Å². The third kappa shape index (κ3) is 2.65. The Balaban J connectivity index is 2.07. The van der Waals surface area contributed by atoms with E-state index in [-0.39, 0.29) is 11.9 Å². The quantitative estimate of drug-likeness (QED) is 0.745. The highest BCUT2D eigenvalue weighted by Crippen LogP contribution is 2.13. The van der Waals surface area contributed by atoms with Gasteiger partial charge in [-0.1, -0.05) is 0 Å². The molecule has 3 N–H and O–H groups in total. The van der Waals surface area contributed by atoms with Crippen LogP contribution < -0.4 is 11.1 Å². The summed E-state index contributed by atoms with van der Waals surface area (Å²) in [5.41, 5.74) is 6.27. The number of hydrogen-bond donors (Lipinski definition) is 2. The van der Waals surface area contributed by atoms with Crippen LogP contribution in [0.5, 0.6) is 0 Å². The lowest BCUT2D eigenvalue weighted by Crippen LogP contribution is -2.56. The maximum absolute atomic E-state index is 11.3. The monoisotopic (exact) mass is 238 g/mol. The number of aromatic nitrogens is 1. The first-order valence-corrected chi connectivity index (χ1v) is 5.75. The van der Waals surface area contributed by atoms with Crippen molar-refractivity contribution in [2.75, 3.05) is 19.6 Å². The molecule has 1 aromatic heterocycles. The van der Waals surface area contributed by atoms with E-state index in [0.29, 0.717) is 19.0 Å². The maximum atomic E-state index is 11.3. The summed E-state index contributed by atoms with van der Waals surface area (Å²) in [6.07, 6.45) is 0. The van der Waals surface area contributed by atoms with E-state index in [1.54, 1.807) is 0 Å². The Bertz CT molecular complexity index is 396. The molecule has 0 saturated carbocycles. The van der Waals surface area contributed by atoms with Crippen molar-refractivity contribution in [3.05, 3.63) is 17.3 Å². The molecule has 17 heavy (non-hydrogen) atoms. The highest BCUT2D eigenvalue weighted by Gasteiger charge is 2.27. The maximum Gasteiger partial charge on any atom is 0.236 e. The number of nitrogens with zero attached hydrogens (tertiary/aromatic N) is 2. The van der Waals surface area contributed by atoms with Gasteiger partial charge in [0, 0.05) is 19.6 Å². The van der Waals surface area contributed by atoms with E-state index >= 15 is 0 Å². The summed E-state index contributed by atoms with van der Waals surface area (Å²) in [7, 11) is 0. The molecule has 0 radical (unpaired) electrons. The van der Waals surface area contributed by atoms with Gasteiger partial charge in [0.2, 0.25) is 11.8 Å². The van der Waals surface area contributed by atoms with E-state index in [4.69, 9.17) is 10.2 Å². The average Bonchev–Trinajstić information content (AvgIpc) is 2.58. The van der Waals surface area contributed by atoms with Crippen LogP contribution >= 0.6 is 0 Å². The van der Waals surface area contributed by atoms with Crippen LogP contribution in [0.2, 0.25) is 0 Å². The topological polar surface area (TPSA) is 84.4 Å². The predicted octanol–water partition coefficient (Wildman–Crippen LogP) is -0.449. The van der Waals surface area contributed by atoms with Crippen molar-refractivity contribution in [3.63, 3.8) is 0 Å². The van der Waals surface area contributed by atoms with Gasteiger partial charge in [-0.3, -0.25) is 9.69 Å². The number of carbonyl (C=O) groups excluding carboxylic acids is 1. The first kappa shape index (κ1) is 12.1. The second-order valence-corrected chi connectivity index (χ2v) is 4.34. The largest absolute Gasteiger partial charge is 0.444 e. The van der Waals surface area contributed by atoms with Crippen LogP contribution in [0.25, 0.3) is 0 Å². The van der Waals surface area contributed by atoms with E-state index in [0.717, 1.165) is 24.5 Å². The van der Waals surface area contributed by atoms with E-state index in [2.05, 4.69) is 10.3 Å². The molecule has 1 aliphatic heterocycles. The molecule has 1 aliphatic rings.